The summed E-state index contributed by atoms with van der Waals surface area (Å²) in [5.41, 5.74) is 1.47. The molecule has 0 bridgehead atoms. The highest BCUT2D eigenvalue weighted by molar-refractivity contribution is 9.10. The van der Waals surface area contributed by atoms with Gasteiger partial charge in [0.1, 0.15) is 0 Å². The Bertz CT molecular complexity index is 490. The van der Waals surface area contributed by atoms with Gasteiger partial charge in [-0.25, -0.2) is 4.79 Å². The van der Waals surface area contributed by atoms with Gasteiger partial charge >= 0.3 is 5.97 Å². The van der Waals surface area contributed by atoms with Crippen LogP contribution in [-0.4, -0.2) is 18.1 Å². The van der Waals surface area contributed by atoms with Gasteiger partial charge in [-0.1, -0.05) is 12.1 Å². The van der Waals surface area contributed by atoms with Crippen LogP contribution in [0, 0.1) is 0 Å². The maximum Gasteiger partial charge on any atom is 0.340 e. The van der Waals surface area contributed by atoms with Crippen molar-refractivity contribution in [2.45, 2.75) is 0 Å². The fourth-order valence-corrected chi connectivity index (χ4v) is 1.88. The normalized spacial score (nSPS) is 10.4. The third-order valence-corrected chi connectivity index (χ3v) is 2.73. The quantitative estimate of drug-likeness (QED) is 0.795. The number of halogens is 1. The van der Waals surface area contributed by atoms with E-state index in [1.165, 1.54) is 7.11 Å². The highest BCUT2D eigenvalue weighted by Gasteiger charge is 2.12. The van der Waals surface area contributed by atoms with Crippen molar-refractivity contribution in [3.63, 3.8) is 0 Å². The molecule has 2 aromatic rings. The number of benzene rings is 1. The second kappa shape index (κ2) is 3.46. The Morgan fingerprint density at radius 2 is 2.29 bits per heavy atom. The van der Waals surface area contributed by atoms with Crippen LogP contribution >= 0.6 is 15.9 Å². The van der Waals surface area contributed by atoms with Crippen LogP contribution in [-0.2, 0) is 4.74 Å². The fraction of sp³-hybridized carbons (Fsp3) is 0.100. The van der Waals surface area contributed by atoms with Gasteiger partial charge in [-0.2, -0.15) is 0 Å². The highest BCUT2D eigenvalue weighted by atomic mass is 79.9. The first kappa shape index (κ1) is 9.27. The van der Waals surface area contributed by atoms with Gasteiger partial charge in [0, 0.05) is 16.1 Å². The van der Waals surface area contributed by atoms with E-state index in [9.17, 15) is 4.79 Å². The van der Waals surface area contributed by atoms with E-state index in [0.717, 1.165) is 15.4 Å². The Morgan fingerprint density at radius 1 is 1.50 bits per heavy atom. The summed E-state index contributed by atoms with van der Waals surface area (Å²) in [6.45, 7) is 0. The van der Waals surface area contributed by atoms with Crippen molar-refractivity contribution in [2.24, 2.45) is 0 Å². The average Bonchev–Trinajstić information content (AvgIpc) is 2.62. The van der Waals surface area contributed by atoms with Crippen LogP contribution in [0.3, 0.4) is 0 Å². The van der Waals surface area contributed by atoms with Crippen LogP contribution in [0.25, 0.3) is 10.9 Å². The van der Waals surface area contributed by atoms with Crippen molar-refractivity contribution in [2.75, 3.05) is 7.11 Å². The summed E-state index contributed by atoms with van der Waals surface area (Å²) >= 11 is 3.40. The van der Waals surface area contributed by atoms with Crippen molar-refractivity contribution in [1.82, 2.24) is 4.98 Å². The molecule has 0 amide bonds. The number of aromatic amines is 1. The van der Waals surface area contributed by atoms with E-state index in [0.29, 0.717) is 5.56 Å². The molecule has 1 aromatic carbocycles. The third kappa shape index (κ3) is 1.32. The number of ether oxygens (including phenoxy) is 1. The molecule has 72 valence electrons. The fourth-order valence-electron chi connectivity index (χ4n) is 1.40. The summed E-state index contributed by atoms with van der Waals surface area (Å²) in [4.78, 5) is 14.4. The Morgan fingerprint density at radius 3 is 3.00 bits per heavy atom. The average molecular weight is 254 g/mol. The summed E-state index contributed by atoms with van der Waals surface area (Å²) in [6, 6.07) is 5.68. The summed E-state index contributed by atoms with van der Waals surface area (Å²) in [6.07, 6.45) is 1.65. The smallest absolute Gasteiger partial charge is 0.340 e. The molecule has 0 saturated heterocycles. The van der Waals surface area contributed by atoms with Crippen LogP contribution in [0.2, 0.25) is 0 Å². The Hall–Kier alpha value is -1.29. The second-order valence-electron chi connectivity index (χ2n) is 2.86. The topological polar surface area (TPSA) is 42.1 Å². The van der Waals surface area contributed by atoms with Gasteiger partial charge in [0.2, 0.25) is 0 Å². The Labute approximate surface area is 89.2 Å². The predicted molar refractivity (Wildman–Crippen MR) is 57.3 cm³/mol. The lowest BCUT2D eigenvalue weighted by molar-refractivity contribution is 0.0603. The van der Waals surface area contributed by atoms with Gasteiger partial charge in [0.25, 0.3) is 0 Å². The summed E-state index contributed by atoms with van der Waals surface area (Å²) in [7, 11) is 1.37. The van der Waals surface area contributed by atoms with Crippen LogP contribution < -0.4 is 0 Å². The van der Waals surface area contributed by atoms with Gasteiger partial charge in [0.15, 0.2) is 0 Å². The number of carbonyl (C=O) groups is 1. The Kier molecular flexibility index (Phi) is 2.29. The maximum atomic E-state index is 11.3. The van der Waals surface area contributed by atoms with E-state index in [-0.39, 0.29) is 5.97 Å². The molecular weight excluding hydrogens is 246 g/mol. The maximum absolute atomic E-state index is 11.3. The molecule has 0 aliphatic carbocycles. The molecule has 0 unspecified atom stereocenters. The number of rotatable bonds is 1. The van der Waals surface area contributed by atoms with Gasteiger partial charge in [-0.3, -0.25) is 0 Å². The molecular formula is C10H8BrNO2. The van der Waals surface area contributed by atoms with E-state index < -0.39 is 0 Å². The van der Waals surface area contributed by atoms with Crippen molar-refractivity contribution in [1.29, 1.82) is 0 Å². The zero-order valence-corrected chi connectivity index (χ0v) is 9.09. The number of hydrogen-bond acceptors (Lipinski definition) is 2. The lowest BCUT2D eigenvalue weighted by Crippen LogP contribution is -1.99. The van der Waals surface area contributed by atoms with E-state index in [4.69, 9.17) is 0 Å². The number of para-hydroxylation sites is 1. The first-order chi connectivity index (χ1) is 6.74. The Balaban J connectivity index is 2.70. The van der Waals surface area contributed by atoms with E-state index in [1.54, 1.807) is 6.20 Å². The molecule has 14 heavy (non-hydrogen) atoms. The third-order valence-electron chi connectivity index (χ3n) is 2.07. The van der Waals surface area contributed by atoms with Gasteiger partial charge in [-0.05, 0) is 22.0 Å². The van der Waals surface area contributed by atoms with Crippen molar-refractivity contribution < 1.29 is 9.53 Å². The molecule has 2 rings (SSSR count). The number of aromatic nitrogens is 1. The van der Waals surface area contributed by atoms with Gasteiger partial charge < -0.3 is 9.72 Å². The van der Waals surface area contributed by atoms with Gasteiger partial charge in [-0.15, -0.1) is 0 Å². The standard InChI is InChI=1S/C10H8BrNO2/c1-14-10(13)7-5-12-9-6(7)3-2-4-8(9)11/h2-5,12H,1H3. The SMILES string of the molecule is COC(=O)c1c[nH]c2c(Br)cccc12. The van der Waals surface area contributed by atoms with E-state index >= 15 is 0 Å². The minimum atomic E-state index is -0.325. The summed E-state index contributed by atoms with van der Waals surface area (Å²) < 4.78 is 5.60. The molecule has 1 heterocycles. The van der Waals surface area contributed by atoms with E-state index in [2.05, 4.69) is 25.7 Å². The number of carbonyl (C=O) groups excluding carboxylic acids is 1. The zero-order chi connectivity index (χ0) is 10.1. The molecule has 0 aliphatic rings. The molecule has 1 N–H and O–H groups in total. The molecule has 3 nitrogen and oxygen atoms in total. The van der Waals surface area contributed by atoms with Gasteiger partial charge in [0.05, 0.1) is 18.2 Å². The lowest BCUT2D eigenvalue weighted by Gasteiger charge is -1.96. The monoisotopic (exact) mass is 253 g/mol. The first-order valence-electron chi connectivity index (χ1n) is 4.08. The van der Waals surface area contributed by atoms with Crippen LogP contribution in [0.1, 0.15) is 10.4 Å². The largest absolute Gasteiger partial charge is 0.465 e. The number of methoxy groups -OCH3 is 1. The number of hydrogen-bond donors (Lipinski definition) is 1. The van der Waals surface area contributed by atoms with Crippen LogP contribution in [0.4, 0.5) is 0 Å². The van der Waals surface area contributed by atoms with Crippen molar-refractivity contribution in [3.05, 3.63) is 34.4 Å². The molecule has 0 spiro atoms. The number of esters is 1. The molecule has 0 fully saturated rings. The zero-order valence-electron chi connectivity index (χ0n) is 7.50. The lowest BCUT2D eigenvalue weighted by atomic mass is 10.2. The minimum absolute atomic E-state index is 0.325. The number of H-pyrrole nitrogens is 1. The number of fused-ring (bicyclic) bond motifs is 1. The molecule has 0 atom stereocenters. The predicted octanol–water partition coefficient (Wildman–Crippen LogP) is 2.72. The van der Waals surface area contributed by atoms with Crippen LogP contribution in [0.15, 0.2) is 28.9 Å². The summed E-state index contributed by atoms with van der Waals surface area (Å²) in [5, 5.41) is 0.867. The first-order valence-corrected chi connectivity index (χ1v) is 4.87. The van der Waals surface area contributed by atoms with Crippen molar-refractivity contribution in [3.8, 4) is 0 Å². The molecule has 0 radical (unpaired) electrons. The number of nitrogens with one attached hydrogen (secondary N) is 1. The van der Waals surface area contributed by atoms with E-state index in [1.807, 2.05) is 18.2 Å². The second-order valence-corrected chi connectivity index (χ2v) is 3.71. The summed E-state index contributed by atoms with van der Waals surface area (Å²) in [5.74, 6) is -0.325. The highest BCUT2D eigenvalue weighted by Crippen LogP contribution is 2.25. The molecule has 0 aliphatic heterocycles. The molecule has 4 heteroatoms. The van der Waals surface area contributed by atoms with Crippen LogP contribution in [0.5, 0.6) is 0 Å². The van der Waals surface area contributed by atoms with Crippen molar-refractivity contribution >= 4 is 32.8 Å². The molecule has 1 aromatic heterocycles. The molecule has 0 saturated carbocycles. The minimum Gasteiger partial charge on any atom is -0.465 e.